The summed E-state index contributed by atoms with van der Waals surface area (Å²) in [4.78, 5) is 11.6. The summed E-state index contributed by atoms with van der Waals surface area (Å²) in [5.41, 5.74) is 0. The maximum Gasteiger partial charge on any atom is 0.150 e. The molecule has 1 fully saturated rings. The van der Waals surface area contributed by atoms with E-state index >= 15 is 0 Å². The molecule has 1 rings (SSSR count). The van der Waals surface area contributed by atoms with Crippen LogP contribution in [0.15, 0.2) is 12.7 Å². The van der Waals surface area contributed by atoms with Gasteiger partial charge in [0.25, 0.3) is 0 Å². The van der Waals surface area contributed by atoms with Gasteiger partial charge in [0.2, 0.25) is 0 Å². The number of carbonyl (C=O) groups excluding carboxylic acids is 1. The van der Waals surface area contributed by atoms with Gasteiger partial charge in [0, 0.05) is 12.5 Å². The highest BCUT2D eigenvalue weighted by atomic mass is 16.1. The first kappa shape index (κ1) is 10.5. The number of carbonyl (C=O) groups is 1. The van der Waals surface area contributed by atoms with Crippen molar-refractivity contribution < 1.29 is 4.79 Å². The van der Waals surface area contributed by atoms with Crippen molar-refractivity contribution in [3.63, 3.8) is 0 Å². The van der Waals surface area contributed by atoms with Crippen molar-refractivity contribution >= 4 is 5.78 Å². The lowest BCUT2D eigenvalue weighted by atomic mass is 9.95. The molecule has 0 saturated carbocycles. The van der Waals surface area contributed by atoms with E-state index in [0.29, 0.717) is 18.2 Å². The fraction of sp³-hybridized carbons (Fsp3) is 0.727. The molecule has 1 N–H and O–H groups in total. The van der Waals surface area contributed by atoms with E-state index in [2.05, 4.69) is 18.8 Å². The molecule has 0 aromatic rings. The Bertz CT molecular complexity index is 189. The number of piperidine rings is 1. The van der Waals surface area contributed by atoms with Gasteiger partial charge in [0.1, 0.15) is 5.78 Å². The maximum absolute atomic E-state index is 11.6. The summed E-state index contributed by atoms with van der Waals surface area (Å²) < 4.78 is 0. The zero-order valence-corrected chi connectivity index (χ0v) is 8.38. The fourth-order valence-electron chi connectivity index (χ4n) is 1.81. The Balaban J connectivity index is 2.32. The van der Waals surface area contributed by atoms with Gasteiger partial charge in [0.15, 0.2) is 0 Å². The van der Waals surface area contributed by atoms with Gasteiger partial charge in [-0.25, -0.2) is 0 Å². The van der Waals surface area contributed by atoms with Crippen LogP contribution in [0.1, 0.15) is 39.0 Å². The van der Waals surface area contributed by atoms with Crippen LogP contribution in [-0.2, 0) is 4.79 Å². The van der Waals surface area contributed by atoms with Crippen LogP contribution >= 0.6 is 0 Å². The van der Waals surface area contributed by atoms with Gasteiger partial charge in [-0.1, -0.05) is 6.08 Å². The standard InChI is InChI=1S/C11H19NO/c1-3-4-8-11(13)10-7-5-6-9(2)12-10/h3,9-10,12H,1,4-8H2,2H3. The third-order valence-corrected chi connectivity index (χ3v) is 2.60. The average molecular weight is 181 g/mol. The lowest BCUT2D eigenvalue weighted by Gasteiger charge is -2.27. The maximum atomic E-state index is 11.6. The molecule has 1 heterocycles. The second-order valence-corrected chi connectivity index (χ2v) is 3.84. The number of hydrogen-bond acceptors (Lipinski definition) is 2. The molecule has 2 unspecified atom stereocenters. The molecule has 0 aliphatic carbocycles. The molecule has 1 saturated heterocycles. The molecule has 0 amide bonds. The van der Waals surface area contributed by atoms with Crippen LogP contribution in [0.2, 0.25) is 0 Å². The molecule has 1 aliphatic heterocycles. The molecule has 2 heteroatoms. The van der Waals surface area contributed by atoms with Gasteiger partial charge in [-0.3, -0.25) is 4.79 Å². The van der Waals surface area contributed by atoms with Crippen molar-refractivity contribution in [1.82, 2.24) is 5.32 Å². The first-order valence-electron chi connectivity index (χ1n) is 5.13. The molecule has 0 aromatic heterocycles. The smallest absolute Gasteiger partial charge is 0.150 e. The van der Waals surface area contributed by atoms with E-state index in [9.17, 15) is 4.79 Å². The SMILES string of the molecule is C=CCCC(=O)C1CCCC(C)N1. The highest BCUT2D eigenvalue weighted by Gasteiger charge is 2.22. The Kier molecular flexibility index (Phi) is 4.16. The normalized spacial score (nSPS) is 28.4. The van der Waals surface area contributed by atoms with Crippen LogP contribution in [0.25, 0.3) is 0 Å². The number of allylic oxidation sites excluding steroid dienone is 1. The van der Waals surface area contributed by atoms with Crippen LogP contribution in [0.5, 0.6) is 0 Å². The molecular weight excluding hydrogens is 162 g/mol. The molecular formula is C11H19NO. The van der Waals surface area contributed by atoms with Gasteiger partial charge >= 0.3 is 0 Å². The third-order valence-electron chi connectivity index (χ3n) is 2.60. The summed E-state index contributed by atoms with van der Waals surface area (Å²) in [6.07, 6.45) is 6.66. The van der Waals surface area contributed by atoms with Gasteiger partial charge in [-0.05, 0) is 32.6 Å². The summed E-state index contributed by atoms with van der Waals surface area (Å²) in [6, 6.07) is 0.620. The van der Waals surface area contributed by atoms with Gasteiger partial charge in [-0.15, -0.1) is 6.58 Å². The lowest BCUT2D eigenvalue weighted by Crippen LogP contribution is -2.45. The van der Waals surface area contributed by atoms with Crippen molar-refractivity contribution in [3.8, 4) is 0 Å². The van der Waals surface area contributed by atoms with E-state index in [1.54, 1.807) is 0 Å². The Morgan fingerprint density at radius 3 is 3.00 bits per heavy atom. The molecule has 0 aromatic carbocycles. The second kappa shape index (κ2) is 5.18. The van der Waals surface area contributed by atoms with E-state index < -0.39 is 0 Å². The van der Waals surface area contributed by atoms with Crippen molar-refractivity contribution in [1.29, 1.82) is 0 Å². The summed E-state index contributed by atoms with van der Waals surface area (Å²) in [5.74, 6) is 0.353. The molecule has 2 nitrogen and oxygen atoms in total. The first-order valence-corrected chi connectivity index (χ1v) is 5.13. The predicted molar refractivity (Wildman–Crippen MR) is 54.7 cm³/mol. The minimum atomic E-state index is 0.115. The van der Waals surface area contributed by atoms with E-state index in [0.717, 1.165) is 12.8 Å². The average Bonchev–Trinajstić information content (AvgIpc) is 2.14. The summed E-state index contributed by atoms with van der Waals surface area (Å²) >= 11 is 0. The fourth-order valence-corrected chi connectivity index (χ4v) is 1.81. The molecule has 1 aliphatic rings. The van der Waals surface area contributed by atoms with Gasteiger partial charge in [0.05, 0.1) is 6.04 Å². The van der Waals surface area contributed by atoms with Gasteiger partial charge < -0.3 is 5.32 Å². The number of hydrogen-bond donors (Lipinski definition) is 1. The Morgan fingerprint density at radius 1 is 1.62 bits per heavy atom. The number of ketones is 1. The lowest BCUT2D eigenvalue weighted by molar-refractivity contribution is -0.121. The van der Waals surface area contributed by atoms with Gasteiger partial charge in [-0.2, -0.15) is 0 Å². The van der Waals surface area contributed by atoms with Crippen LogP contribution in [-0.4, -0.2) is 17.9 Å². The van der Waals surface area contributed by atoms with Crippen LogP contribution < -0.4 is 5.32 Å². The minimum absolute atomic E-state index is 0.115. The first-order chi connectivity index (χ1) is 6.24. The van der Waals surface area contributed by atoms with E-state index in [1.807, 2.05) is 6.08 Å². The molecule has 2 atom stereocenters. The minimum Gasteiger partial charge on any atom is -0.305 e. The predicted octanol–water partition coefficient (Wildman–Crippen LogP) is 2.05. The zero-order chi connectivity index (χ0) is 9.68. The number of rotatable bonds is 4. The van der Waals surface area contributed by atoms with Crippen LogP contribution in [0, 0.1) is 0 Å². The molecule has 74 valence electrons. The van der Waals surface area contributed by atoms with Crippen molar-refractivity contribution in [3.05, 3.63) is 12.7 Å². The highest BCUT2D eigenvalue weighted by Crippen LogP contribution is 2.14. The number of nitrogens with one attached hydrogen (secondary N) is 1. The Morgan fingerprint density at radius 2 is 2.38 bits per heavy atom. The monoisotopic (exact) mass is 181 g/mol. The van der Waals surface area contributed by atoms with Crippen LogP contribution in [0.3, 0.4) is 0 Å². The van der Waals surface area contributed by atoms with Crippen molar-refractivity contribution in [2.24, 2.45) is 0 Å². The quantitative estimate of drug-likeness (QED) is 0.672. The van der Waals surface area contributed by atoms with Crippen molar-refractivity contribution in [2.75, 3.05) is 0 Å². The zero-order valence-electron chi connectivity index (χ0n) is 8.38. The van der Waals surface area contributed by atoms with E-state index in [1.165, 1.54) is 12.8 Å². The molecule has 0 radical (unpaired) electrons. The van der Waals surface area contributed by atoms with E-state index in [-0.39, 0.29) is 6.04 Å². The molecule has 0 spiro atoms. The third kappa shape index (κ3) is 3.31. The Hall–Kier alpha value is -0.630. The Labute approximate surface area is 80.4 Å². The molecule has 13 heavy (non-hydrogen) atoms. The van der Waals surface area contributed by atoms with Crippen LogP contribution in [0.4, 0.5) is 0 Å². The summed E-state index contributed by atoms with van der Waals surface area (Å²) in [5, 5.41) is 3.34. The topological polar surface area (TPSA) is 29.1 Å². The highest BCUT2D eigenvalue weighted by molar-refractivity contribution is 5.84. The largest absolute Gasteiger partial charge is 0.305 e. The second-order valence-electron chi connectivity index (χ2n) is 3.84. The number of Topliss-reactive ketones (excluding diaryl/α,β-unsaturated/α-hetero) is 1. The molecule has 0 bridgehead atoms. The summed E-state index contributed by atoms with van der Waals surface area (Å²) in [6.45, 7) is 5.77. The van der Waals surface area contributed by atoms with E-state index in [4.69, 9.17) is 0 Å². The van der Waals surface area contributed by atoms with Crippen molar-refractivity contribution in [2.45, 2.75) is 51.1 Å². The summed E-state index contributed by atoms with van der Waals surface area (Å²) in [7, 11) is 0.